The molecule has 1 aliphatic heterocycles. The summed E-state index contributed by atoms with van der Waals surface area (Å²) in [6.07, 6.45) is 0.859. The monoisotopic (exact) mass is 327 g/mol. The third-order valence-corrected chi connectivity index (χ3v) is 5.17. The number of carbonyl (C=O) groups is 1. The van der Waals surface area contributed by atoms with Crippen LogP contribution in [-0.2, 0) is 14.8 Å². The van der Waals surface area contributed by atoms with Crippen molar-refractivity contribution in [2.75, 3.05) is 13.6 Å². The van der Waals surface area contributed by atoms with Crippen molar-refractivity contribution >= 4 is 33.1 Å². The van der Waals surface area contributed by atoms with Crippen LogP contribution >= 0.6 is 12.2 Å². The summed E-state index contributed by atoms with van der Waals surface area (Å²) in [6, 6.07) is 5.82. The molecule has 2 rings (SSSR count). The Morgan fingerprint density at radius 1 is 1.38 bits per heavy atom. The van der Waals surface area contributed by atoms with Gasteiger partial charge in [-0.2, -0.15) is 0 Å². The van der Waals surface area contributed by atoms with Crippen LogP contribution in [0.2, 0.25) is 0 Å². The Labute approximate surface area is 129 Å². The van der Waals surface area contributed by atoms with Crippen LogP contribution in [0.1, 0.15) is 18.4 Å². The number of sulfonamides is 1. The van der Waals surface area contributed by atoms with Crippen LogP contribution in [0.3, 0.4) is 0 Å². The summed E-state index contributed by atoms with van der Waals surface area (Å²) >= 11 is 4.83. The smallest absolute Gasteiger partial charge is 0.240 e. The summed E-state index contributed by atoms with van der Waals surface area (Å²) in [7, 11) is -1.95. The molecule has 114 valence electrons. The second-order valence-corrected chi connectivity index (χ2v) is 7.17. The van der Waals surface area contributed by atoms with Gasteiger partial charge in [0.15, 0.2) is 0 Å². The highest BCUT2D eigenvalue weighted by Crippen LogP contribution is 2.15. The number of nitrogens with two attached hydrogens (primary N) is 1. The van der Waals surface area contributed by atoms with E-state index in [4.69, 9.17) is 18.0 Å². The number of hydrogen-bond donors (Lipinski definition) is 2. The van der Waals surface area contributed by atoms with Gasteiger partial charge in [0.25, 0.3) is 0 Å². The highest BCUT2D eigenvalue weighted by molar-refractivity contribution is 7.89. The second-order valence-electron chi connectivity index (χ2n) is 5.02. The molecule has 3 N–H and O–H groups in total. The van der Waals surface area contributed by atoms with Crippen LogP contribution in [-0.4, -0.2) is 43.8 Å². The molecular weight excluding hydrogens is 310 g/mol. The fourth-order valence-corrected chi connectivity index (χ4v) is 3.59. The van der Waals surface area contributed by atoms with E-state index in [0.717, 1.165) is 0 Å². The van der Waals surface area contributed by atoms with E-state index >= 15 is 0 Å². The molecule has 1 unspecified atom stereocenters. The number of rotatable bonds is 4. The summed E-state index contributed by atoms with van der Waals surface area (Å²) in [5, 5.41) is 0. The standard InChI is InChI=1S/C13H17N3O3S2/c1-16-8-10(4-7-12(16)17)15-21(18,19)11-5-2-9(3-6-11)13(14)20/h2-3,5-6,10,15H,4,7-8H2,1H3,(H2,14,20). The van der Waals surface area contributed by atoms with E-state index in [-0.39, 0.29) is 21.8 Å². The summed E-state index contributed by atoms with van der Waals surface area (Å²) in [5.74, 6) is 0.0336. The van der Waals surface area contributed by atoms with Crippen molar-refractivity contribution in [3.8, 4) is 0 Å². The maximum absolute atomic E-state index is 12.3. The van der Waals surface area contributed by atoms with E-state index in [0.29, 0.717) is 24.9 Å². The Hall–Kier alpha value is -1.51. The van der Waals surface area contributed by atoms with Crippen LogP contribution in [0.4, 0.5) is 0 Å². The van der Waals surface area contributed by atoms with Gasteiger partial charge in [-0.25, -0.2) is 13.1 Å². The van der Waals surface area contributed by atoms with Crippen molar-refractivity contribution < 1.29 is 13.2 Å². The fourth-order valence-electron chi connectivity index (χ4n) is 2.19. The van der Waals surface area contributed by atoms with E-state index in [2.05, 4.69) is 4.72 Å². The van der Waals surface area contributed by atoms with Gasteiger partial charge in [0.2, 0.25) is 15.9 Å². The maximum Gasteiger partial charge on any atom is 0.240 e. The molecular formula is C13H17N3O3S2. The van der Waals surface area contributed by atoms with Crippen molar-refractivity contribution in [2.45, 2.75) is 23.8 Å². The molecule has 6 nitrogen and oxygen atoms in total. The van der Waals surface area contributed by atoms with Crippen molar-refractivity contribution in [3.63, 3.8) is 0 Å². The Balaban J connectivity index is 2.11. The Bertz CT molecular complexity index is 656. The molecule has 1 aliphatic rings. The van der Waals surface area contributed by atoms with Crippen LogP contribution in [0.15, 0.2) is 29.2 Å². The number of nitrogens with one attached hydrogen (secondary N) is 1. The van der Waals surface area contributed by atoms with Gasteiger partial charge in [-0.05, 0) is 18.6 Å². The van der Waals surface area contributed by atoms with Crippen molar-refractivity contribution in [1.82, 2.24) is 9.62 Å². The molecule has 0 bridgehead atoms. The lowest BCUT2D eigenvalue weighted by atomic mass is 10.1. The lowest BCUT2D eigenvalue weighted by Crippen LogP contribution is -2.48. The molecule has 0 radical (unpaired) electrons. The molecule has 21 heavy (non-hydrogen) atoms. The quantitative estimate of drug-likeness (QED) is 0.772. The van der Waals surface area contributed by atoms with Crippen molar-refractivity contribution in [3.05, 3.63) is 29.8 Å². The predicted octanol–water partition coefficient (Wildman–Crippen LogP) is 0.220. The third-order valence-electron chi connectivity index (χ3n) is 3.40. The van der Waals surface area contributed by atoms with E-state index in [1.807, 2.05) is 0 Å². The zero-order chi connectivity index (χ0) is 15.6. The average molecular weight is 327 g/mol. The van der Waals surface area contributed by atoms with Gasteiger partial charge in [0, 0.05) is 31.6 Å². The molecule has 0 spiro atoms. The Morgan fingerprint density at radius 2 is 2.00 bits per heavy atom. The minimum atomic E-state index is -3.62. The average Bonchev–Trinajstić information content (AvgIpc) is 2.43. The van der Waals surface area contributed by atoms with Crippen molar-refractivity contribution in [1.29, 1.82) is 0 Å². The van der Waals surface area contributed by atoms with E-state index in [1.165, 1.54) is 17.0 Å². The normalized spacial score (nSPS) is 19.6. The molecule has 1 fully saturated rings. The largest absolute Gasteiger partial charge is 0.389 e. The van der Waals surface area contributed by atoms with E-state index in [1.54, 1.807) is 19.2 Å². The summed E-state index contributed by atoms with van der Waals surface area (Å²) in [6.45, 7) is 0.378. The van der Waals surface area contributed by atoms with Gasteiger partial charge < -0.3 is 10.6 Å². The lowest BCUT2D eigenvalue weighted by Gasteiger charge is -2.29. The first-order valence-corrected chi connectivity index (χ1v) is 8.35. The molecule has 1 atom stereocenters. The van der Waals surface area contributed by atoms with Gasteiger partial charge in [-0.1, -0.05) is 24.4 Å². The number of likely N-dealkylation sites (N-methyl/N-ethyl adjacent to an activating group) is 1. The molecule has 0 aliphatic carbocycles. The third kappa shape index (κ3) is 3.78. The van der Waals surface area contributed by atoms with Crippen LogP contribution < -0.4 is 10.5 Å². The van der Waals surface area contributed by atoms with Gasteiger partial charge >= 0.3 is 0 Å². The number of hydrogen-bond acceptors (Lipinski definition) is 4. The number of carbonyl (C=O) groups excluding carboxylic acids is 1. The Kier molecular flexibility index (Phi) is 4.60. The second kappa shape index (κ2) is 6.08. The molecule has 1 amide bonds. The molecule has 1 heterocycles. The van der Waals surface area contributed by atoms with Crippen LogP contribution in [0.25, 0.3) is 0 Å². The first-order chi connectivity index (χ1) is 9.79. The number of thiocarbonyl (C=S) groups is 1. The highest BCUT2D eigenvalue weighted by atomic mass is 32.2. The molecule has 1 saturated heterocycles. The van der Waals surface area contributed by atoms with Gasteiger partial charge in [-0.3, -0.25) is 4.79 Å². The van der Waals surface area contributed by atoms with Gasteiger partial charge in [0.1, 0.15) is 4.99 Å². The minimum absolute atomic E-state index is 0.0336. The van der Waals surface area contributed by atoms with Crippen LogP contribution in [0.5, 0.6) is 0 Å². The predicted molar refractivity (Wildman–Crippen MR) is 83.3 cm³/mol. The highest BCUT2D eigenvalue weighted by Gasteiger charge is 2.27. The minimum Gasteiger partial charge on any atom is -0.389 e. The number of benzene rings is 1. The van der Waals surface area contributed by atoms with E-state index in [9.17, 15) is 13.2 Å². The molecule has 1 aromatic carbocycles. The first-order valence-electron chi connectivity index (χ1n) is 6.46. The molecule has 0 saturated carbocycles. The zero-order valence-corrected chi connectivity index (χ0v) is 13.2. The SMILES string of the molecule is CN1CC(NS(=O)(=O)c2ccc(C(N)=S)cc2)CCC1=O. The molecule has 8 heteroatoms. The number of likely N-dealkylation sites (tertiary alicyclic amines) is 1. The van der Waals surface area contributed by atoms with Crippen molar-refractivity contribution in [2.24, 2.45) is 5.73 Å². The first kappa shape index (κ1) is 15.9. The molecule has 1 aromatic rings. The number of amides is 1. The zero-order valence-electron chi connectivity index (χ0n) is 11.6. The maximum atomic E-state index is 12.3. The fraction of sp³-hybridized carbons (Fsp3) is 0.385. The Morgan fingerprint density at radius 3 is 2.52 bits per heavy atom. The molecule has 0 aromatic heterocycles. The summed E-state index contributed by atoms with van der Waals surface area (Å²) < 4.78 is 27.2. The summed E-state index contributed by atoms with van der Waals surface area (Å²) in [5.41, 5.74) is 6.10. The topological polar surface area (TPSA) is 92.5 Å². The number of nitrogens with zero attached hydrogens (tertiary/aromatic N) is 1. The van der Waals surface area contributed by atoms with Gasteiger partial charge in [0.05, 0.1) is 4.90 Å². The number of piperidine rings is 1. The summed E-state index contributed by atoms with van der Waals surface area (Å²) in [4.78, 5) is 13.3. The van der Waals surface area contributed by atoms with Gasteiger partial charge in [-0.15, -0.1) is 0 Å². The van der Waals surface area contributed by atoms with E-state index < -0.39 is 10.0 Å². The lowest BCUT2D eigenvalue weighted by molar-refractivity contribution is -0.132. The van der Waals surface area contributed by atoms with Crippen LogP contribution in [0, 0.1) is 0 Å².